The van der Waals surface area contributed by atoms with Crippen LogP contribution >= 0.6 is 0 Å². The van der Waals surface area contributed by atoms with Crippen molar-refractivity contribution in [3.8, 4) is 0 Å². The highest BCUT2D eigenvalue weighted by molar-refractivity contribution is 7.87. The predicted molar refractivity (Wildman–Crippen MR) is 36.4 cm³/mol. The summed E-state index contributed by atoms with van der Waals surface area (Å²) >= 11 is 0. The quantitative estimate of drug-likeness (QED) is 0.457. The highest BCUT2D eigenvalue weighted by Crippen LogP contribution is 2.33. The second-order valence-corrected chi connectivity index (χ2v) is 4.38. The van der Waals surface area contributed by atoms with Crippen LogP contribution in [-0.2, 0) is 10.1 Å². The lowest BCUT2D eigenvalue weighted by Crippen LogP contribution is -2.44. The lowest BCUT2D eigenvalue weighted by molar-refractivity contribution is 0.00399. The summed E-state index contributed by atoms with van der Waals surface area (Å²) in [5, 5.41) is 18.2. The molecular formula is C5H10O5S. The maximum atomic E-state index is 10.5. The van der Waals surface area contributed by atoms with Gasteiger partial charge >= 0.3 is 0 Å². The highest BCUT2D eigenvalue weighted by Gasteiger charge is 2.50. The van der Waals surface area contributed by atoms with Crippen LogP contribution in [0.4, 0.5) is 0 Å². The lowest BCUT2D eigenvalue weighted by atomic mass is 10.2. The van der Waals surface area contributed by atoms with E-state index in [1.165, 1.54) is 0 Å². The van der Waals surface area contributed by atoms with Gasteiger partial charge in [-0.05, 0) is 19.3 Å². The van der Waals surface area contributed by atoms with Crippen LogP contribution in [0, 0.1) is 0 Å². The van der Waals surface area contributed by atoms with Gasteiger partial charge in [0.1, 0.15) is 0 Å². The van der Waals surface area contributed by atoms with Crippen molar-refractivity contribution < 1.29 is 23.2 Å². The van der Waals surface area contributed by atoms with Crippen LogP contribution in [-0.4, -0.2) is 34.2 Å². The van der Waals surface area contributed by atoms with Gasteiger partial charge < -0.3 is 10.2 Å². The number of aliphatic hydroxyl groups is 2. The minimum absolute atomic E-state index is 0.104. The molecular weight excluding hydrogens is 172 g/mol. The summed E-state index contributed by atoms with van der Waals surface area (Å²) in [5.41, 5.74) is 0. The maximum absolute atomic E-state index is 10.5. The summed E-state index contributed by atoms with van der Waals surface area (Å²) < 4.78 is 29.5. The van der Waals surface area contributed by atoms with E-state index >= 15 is 0 Å². The Bertz CT molecular complexity index is 246. The molecule has 0 aliphatic heterocycles. The van der Waals surface area contributed by atoms with Crippen LogP contribution in [0.15, 0.2) is 0 Å². The van der Waals surface area contributed by atoms with Gasteiger partial charge in [0.25, 0.3) is 10.1 Å². The molecule has 2 atom stereocenters. The first-order chi connectivity index (χ1) is 4.88. The normalized spacial score (nSPS) is 39.4. The first kappa shape index (κ1) is 8.92. The molecule has 66 valence electrons. The van der Waals surface area contributed by atoms with Gasteiger partial charge in [-0.15, -0.1) is 0 Å². The summed E-state index contributed by atoms with van der Waals surface area (Å²) in [7, 11) is -4.55. The van der Waals surface area contributed by atoms with Gasteiger partial charge in [-0.3, -0.25) is 4.55 Å². The lowest BCUT2D eigenvalue weighted by Gasteiger charge is -2.21. The van der Waals surface area contributed by atoms with E-state index in [4.69, 9.17) is 9.66 Å². The molecule has 0 aromatic heterocycles. The second-order valence-electron chi connectivity index (χ2n) is 2.73. The first-order valence-electron chi connectivity index (χ1n) is 3.25. The van der Waals surface area contributed by atoms with Crippen molar-refractivity contribution in [3.05, 3.63) is 0 Å². The maximum Gasteiger partial charge on any atom is 0.297 e. The molecule has 5 nitrogen and oxygen atoms in total. The molecule has 0 heterocycles. The Labute approximate surface area is 64.4 Å². The van der Waals surface area contributed by atoms with E-state index in [0.717, 1.165) is 0 Å². The Morgan fingerprint density at radius 2 is 2.00 bits per heavy atom. The molecule has 2 unspecified atom stereocenters. The van der Waals surface area contributed by atoms with Gasteiger partial charge in [-0.2, -0.15) is 8.42 Å². The molecule has 1 aliphatic rings. The molecule has 11 heavy (non-hydrogen) atoms. The summed E-state index contributed by atoms with van der Waals surface area (Å²) in [5.74, 6) is 0. The van der Waals surface area contributed by atoms with Crippen molar-refractivity contribution in [2.75, 3.05) is 0 Å². The van der Waals surface area contributed by atoms with Crippen molar-refractivity contribution in [3.63, 3.8) is 0 Å². The third-order valence-corrected chi connectivity index (χ3v) is 3.35. The van der Waals surface area contributed by atoms with Crippen LogP contribution in [0.1, 0.15) is 19.3 Å². The van der Waals surface area contributed by atoms with Crippen LogP contribution in [0.5, 0.6) is 0 Å². The van der Waals surface area contributed by atoms with Crippen LogP contribution in [0.2, 0.25) is 0 Å². The van der Waals surface area contributed by atoms with Gasteiger partial charge in [-0.1, -0.05) is 0 Å². The Hall–Kier alpha value is -0.170. The zero-order valence-corrected chi connectivity index (χ0v) is 6.58. The van der Waals surface area contributed by atoms with Crippen molar-refractivity contribution in [1.29, 1.82) is 0 Å². The molecule has 1 aliphatic carbocycles. The standard InChI is InChI=1S/C5H10O5S/c6-4-2-1-3-5(4,7)11(8,9)10/h4,6-7H,1-3H2,(H,8,9,10). The highest BCUT2D eigenvalue weighted by atomic mass is 32.2. The smallest absolute Gasteiger partial charge is 0.297 e. The third-order valence-electron chi connectivity index (χ3n) is 1.98. The number of rotatable bonds is 1. The molecule has 0 saturated heterocycles. The summed E-state index contributed by atoms with van der Waals surface area (Å²) in [6.07, 6.45) is -0.863. The van der Waals surface area contributed by atoms with Gasteiger partial charge in [0.05, 0.1) is 6.10 Å². The summed E-state index contributed by atoms with van der Waals surface area (Å²) in [6.45, 7) is 0. The zero-order chi connectivity index (χ0) is 8.70. The Morgan fingerprint density at radius 3 is 2.18 bits per heavy atom. The molecule has 0 aromatic rings. The minimum Gasteiger partial charge on any atom is -0.389 e. The minimum atomic E-state index is -4.55. The largest absolute Gasteiger partial charge is 0.389 e. The van der Waals surface area contributed by atoms with Crippen molar-refractivity contribution in [2.45, 2.75) is 30.3 Å². The van der Waals surface area contributed by atoms with Gasteiger partial charge in [0.2, 0.25) is 4.93 Å². The molecule has 0 amide bonds. The molecule has 1 saturated carbocycles. The van der Waals surface area contributed by atoms with Crippen LogP contribution in [0.3, 0.4) is 0 Å². The fourth-order valence-electron chi connectivity index (χ4n) is 1.24. The summed E-state index contributed by atoms with van der Waals surface area (Å²) in [4.78, 5) is -2.33. The molecule has 1 rings (SSSR count). The molecule has 0 radical (unpaired) electrons. The topological polar surface area (TPSA) is 94.8 Å². The zero-order valence-electron chi connectivity index (χ0n) is 5.77. The van der Waals surface area contributed by atoms with Gasteiger partial charge in [0, 0.05) is 0 Å². The van der Waals surface area contributed by atoms with Crippen molar-refractivity contribution in [1.82, 2.24) is 0 Å². The van der Waals surface area contributed by atoms with E-state index in [1.807, 2.05) is 0 Å². The van der Waals surface area contributed by atoms with Gasteiger partial charge in [-0.25, -0.2) is 0 Å². The first-order valence-corrected chi connectivity index (χ1v) is 4.69. The molecule has 6 heteroatoms. The fraction of sp³-hybridized carbons (Fsp3) is 1.00. The monoisotopic (exact) mass is 182 g/mol. The predicted octanol–water partition coefficient (Wildman–Crippen LogP) is -0.892. The Balaban J connectivity index is 3.00. The van der Waals surface area contributed by atoms with E-state index < -0.39 is 21.2 Å². The van der Waals surface area contributed by atoms with E-state index in [1.54, 1.807) is 0 Å². The Morgan fingerprint density at radius 1 is 1.45 bits per heavy atom. The average Bonchev–Trinajstić information content (AvgIpc) is 2.12. The summed E-state index contributed by atoms with van der Waals surface area (Å²) in [6, 6.07) is 0. The average molecular weight is 182 g/mol. The molecule has 0 bridgehead atoms. The molecule has 0 spiro atoms. The molecule has 1 fully saturated rings. The fourth-order valence-corrected chi connectivity index (χ4v) is 2.11. The van der Waals surface area contributed by atoms with Crippen molar-refractivity contribution in [2.24, 2.45) is 0 Å². The van der Waals surface area contributed by atoms with E-state index in [2.05, 4.69) is 0 Å². The van der Waals surface area contributed by atoms with Crippen LogP contribution in [0.25, 0.3) is 0 Å². The van der Waals surface area contributed by atoms with Gasteiger partial charge in [0.15, 0.2) is 0 Å². The number of aliphatic hydroxyl groups excluding tert-OH is 1. The third kappa shape index (κ3) is 1.26. The molecule has 0 aromatic carbocycles. The Kier molecular flexibility index (Phi) is 1.96. The van der Waals surface area contributed by atoms with E-state index in [0.29, 0.717) is 6.42 Å². The van der Waals surface area contributed by atoms with Crippen molar-refractivity contribution >= 4 is 10.1 Å². The second kappa shape index (κ2) is 2.41. The molecule has 3 N–H and O–H groups in total. The van der Waals surface area contributed by atoms with Crippen LogP contribution < -0.4 is 0 Å². The number of hydrogen-bond donors (Lipinski definition) is 3. The van der Waals surface area contributed by atoms with E-state index in [9.17, 15) is 13.5 Å². The number of hydrogen-bond acceptors (Lipinski definition) is 4. The SMILES string of the molecule is O=S(=O)(O)C1(O)CCCC1O. The van der Waals surface area contributed by atoms with E-state index in [-0.39, 0.29) is 12.8 Å².